The Labute approximate surface area is 80.3 Å². The van der Waals surface area contributed by atoms with Crippen LogP contribution in [0.3, 0.4) is 0 Å². The second-order valence-electron chi connectivity index (χ2n) is 1.90. The summed E-state index contributed by atoms with van der Waals surface area (Å²) < 4.78 is 1.15. The van der Waals surface area contributed by atoms with Gasteiger partial charge in [0.05, 0.1) is 0 Å². The smallest absolute Gasteiger partial charge is 0.179 e. The zero-order valence-electron chi connectivity index (χ0n) is 5.33. The lowest BCUT2D eigenvalue weighted by Gasteiger charge is -2.05. The van der Waals surface area contributed by atoms with Gasteiger partial charge in [0.15, 0.2) is 6.29 Å². The van der Waals surface area contributed by atoms with Crippen LogP contribution in [0.25, 0.3) is 0 Å². The van der Waals surface area contributed by atoms with E-state index in [4.69, 9.17) is 10.2 Å². The van der Waals surface area contributed by atoms with Gasteiger partial charge in [-0.1, -0.05) is 0 Å². The van der Waals surface area contributed by atoms with Crippen LogP contribution in [0.1, 0.15) is 11.9 Å². The van der Waals surface area contributed by atoms with Gasteiger partial charge in [-0.15, -0.1) is 0 Å². The van der Waals surface area contributed by atoms with Crippen molar-refractivity contribution >= 4 is 31.9 Å². The number of rotatable bonds is 1. The predicted octanol–water partition coefficient (Wildman–Crippen LogP) is 1.59. The van der Waals surface area contributed by atoms with E-state index in [-0.39, 0.29) is 0 Å². The first-order chi connectivity index (χ1) is 5.11. The molecule has 0 saturated heterocycles. The molecule has 1 aromatic rings. The normalized spacial score (nSPS) is 10.6. The monoisotopic (exact) mass is 281 g/mol. The minimum absolute atomic E-state index is 0.395. The Bertz CT molecular complexity index is 265. The van der Waals surface area contributed by atoms with Crippen LogP contribution in [0.15, 0.2) is 21.3 Å². The molecule has 0 atom stereocenters. The van der Waals surface area contributed by atoms with Crippen LogP contribution in [-0.2, 0) is 0 Å². The number of hydrogen-bond acceptors (Lipinski definition) is 3. The first-order valence-electron chi connectivity index (χ1n) is 2.78. The van der Waals surface area contributed by atoms with Gasteiger partial charge in [-0.3, -0.25) is 0 Å². The maximum absolute atomic E-state index is 8.81. The Hall–Kier alpha value is 0.0300. The third kappa shape index (κ3) is 2.23. The second kappa shape index (κ2) is 3.62. The largest absolute Gasteiger partial charge is 0.364 e. The second-order valence-corrected chi connectivity index (χ2v) is 3.57. The number of aliphatic hydroxyl groups excluding tert-OH is 1. The molecule has 0 fully saturated rings. The van der Waals surface area contributed by atoms with E-state index in [0.717, 1.165) is 0 Å². The van der Waals surface area contributed by atoms with Crippen LogP contribution < -0.4 is 0 Å². The van der Waals surface area contributed by atoms with E-state index < -0.39 is 6.29 Å². The zero-order chi connectivity index (χ0) is 8.43. The van der Waals surface area contributed by atoms with Crippen molar-refractivity contribution in [2.24, 2.45) is 0 Å². The van der Waals surface area contributed by atoms with Crippen LogP contribution in [0.4, 0.5) is 0 Å². The molecule has 0 amide bonds. The fourth-order valence-electron chi connectivity index (χ4n) is 0.625. The molecule has 0 spiro atoms. The van der Waals surface area contributed by atoms with Gasteiger partial charge in [-0.25, -0.2) is 4.98 Å². The summed E-state index contributed by atoms with van der Waals surface area (Å²) in [6.45, 7) is 0. The SMILES string of the molecule is OC(O)c1cc(Br)ncc1Br. The Morgan fingerprint density at radius 3 is 2.45 bits per heavy atom. The van der Waals surface area contributed by atoms with Gasteiger partial charge in [0, 0.05) is 16.2 Å². The lowest BCUT2D eigenvalue weighted by atomic mass is 10.3. The van der Waals surface area contributed by atoms with Gasteiger partial charge in [0.25, 0.3) is 0 Å². The summed E-state index contributed by atoms with van der Waals surface area (Å²) in [5.41, 5.74) is 0.395. The van der Waals surface area contributed by atoms with Crippen LogP contribution in [0.5, 0.6) is 0 Å². The number of halogens is 2. The minimum Gasteiger partial charge on any atom is -0.364 e. The van der Waals surface area contributed by atoms with E-state index in [0.29, 0.717) is 14.6 Å². The minimum atomic E-state index is -1.47. The van der Waals surface area contributed by atoms with E-state index in [2.05, 4.69) is 36.8 Å². The number of hydrogen-bond donors (Lipinski definition) is 2. The molecular formula is C6H5Br2NO2. The lowest BCUT2D eigenvalue weighted by Crippen LogP contribution is -1.96. The molecule has 5 heteroatoms. The fourth-order valence-corrected chi connectivity index (χ4v) is 1.40. The summed E-state index contributed by atoms with van der Waals surface area (Å²) in [5.74, 6) is 0. The summed E-state index contributed by atoms with van der Waals surface area (Å²) in [6, 6.07) is 1.54. The van der Waals surface area contributed by atoms with Crippen molar-refractivity contribution in [2.75, 3.05) is 0 Å². The molecule has 3 nitrogen and oxygen atoms in total. The molecule has 2 N–H and O–H groups in total. The molecular weight excluding hydrogens is 278 g/mol. The van der Waals surface area contributed by atoms with Gasteiger partial charge >= 0.3 is 0 Å². The average Bonchev–Trinajstić information content (AvgIpc) is 1.94. The van der Waals surface area contributed by atoms with E-state index >= 15 is 0 Å². The van der Waals surface area contributed by atoms with Crippen LogP contribution >= 0.6 is 31.9 Å². The molecule has 11 heavy (non-hydrogen) atoms. The van der Waals surface area contributed by atoms with Crippen LogP contribution in [0.2, 0.25) is 0 Å². The predicted molar refractivity (Wildman–Crippen MR) is 46.8 cm³/mol. The van der Waals surface area contributed by atoms with Crippen LogP contribution in [0, 0.1) is 0 Å². The van der Waals surface area contributed by atoms with Gasteiger partial charge in [0.2, 0.25) is 0 Å². The van der Waals surface area contributed by atoms with Gasteiger partial charge in [-0.05, 0) is 37.9 Å². The average molecular weight is 283 g/mol. The van der Waals surface area contributed by atoms with Gasteiger partial charge < -0.3 is 10.2 Å². The summed E-state index contributed by atoms with van der Waals surface area (Å²) in [5, 5.41) is 17.6. The highest BCUT2D eigenvalue weighted by Gasteiger charge is 2.07. The first kappa shape index (κ1) is 9.12. The molecule has 1 heterocycles. The van der Waals surface area contributed by atoms with Crippen molar-refractivity contribution in [2.45, 2.75) is 6.29 Å². The lowest BCUT2D eigenvalue weighted by molar-refractivity contribution is -0.0431. The Balaban J connectivity index is 3.13. The molecule has 0 unspecified atom stereocenters. The summed E-state index contributed by atoms with van der Waals surface area (Å²) >= 11 is 6.24. The maximum Gasteiger partial charge on any atom is 0.179 e. The van der Waals surface area contributed by atoms with Crippen molar-refractivity contribution in [1.29, 1.82) is 0 Å². The number of aliphatic hydroxyl groups is 2. The number of pyridine rings is 1. The quantitative estimate of drug-likeness (QED) is 0.608. The van der Waals surface area contributed by atoms with E-state index in [1.54, 1.807) is 0 Å². The van der Waals surface area contributed by atoms with Crippen molar-refractivity contribution in [3.05, 3.63) is 26.9 Å². The third-order valence-electron chi connectivity index (χ3n) is 1.13. The summed E-state index contributed by atoms with van der Waals surface area (Å²) in [6.07, 6.45) is 0.0300. The standard InChI is InChI=1S/C6H5Br2NO2/c7-4-2-9-5(8)1-3(4)6(10)11/h1-2,6,10-11H. The van der Waals surface area contributed by atoms with Crippen molar-refractivity contribution in [3.63, 3.8) is 0 Å². The number of aromatic nitrogens is 1. The third-order valence-corrected chi connectivity index (χ3v) is 2.23. The maximum atomic E-state index is 8.81. The molecule has 0 saturated carbocycles. The zero-order valence-corrected chi connectivity index (χ0v) is 8.50. The molecule has 0 aliphatic carbocycles. The molecule has 1 rings (SSSR count). The van der Waals surface area contributed by atoms with E-state index in [1.165, 1.54) is 12.3 Å². The molecule has 0 aliphatic heterocycles. The van der Waals surface area contributed by atoms with Crippen molar-refractivity contribution in [1.82, 2.24) is 4.98 Å². The van der Waals surface area contributed by atoms with E-state index in [1.807, 2.05) is 0 Å². The van der Waals surface area contributed by atoms with Gasteiger partial charge in [-0.2, -0.15) is 0 Å². The van der Waals surface area contributed by atoms with Crippen LogP contribution in [-0.4, -0.2) is 15.2 Å². The fraction of sp³-hybridized carbons (Fsp3) is 0.167. The molecule has 0 radical (unpaired) electrons. The number of nitrogens with zero attached hydrogens (tertiary/aromatic N) is 1. The Morgan fingerprint density at radius 1 is 1.36 bits per heavy atom. The molecule has 0 aromatic carbocycles. The molecule has 0 aliphatic rings. The summed E-state index contributed by atoms with van der Waals surface area (Å²) in [7, 11) is 0. The molecule has 60 valence electrons. The Morgan fingerprint density at radius 2 is 2.00 bits per heavy atom. The highest BCUT2D eigenvalue weighted by Crippen LogP contribution is 2.23. The highest BCUT2D eigenvalue weighted by molar-refractivity contribution is 9.11. The van der Waals surface area contributed by atoms with E-state index in [9.17, 15) is 0 Å². The Kier molecular flexibility index (Phi) is 3.00. The molecule has 0 bridgehead atoms. The summed E-state index contributed by atoms with van der Waals surface area (Å²) in [4.78, 5) is 3.87. The molecule has 1 aromatic heterocycles. The first-order valence-corrected chi connectivity index (χ1v) is 4.37. The van der Waals surface area contributed by atoms with Crippen molar-refractivity contribution < 1.29 is 10.2 Å². The topological polar surface area (TPSA) is 53.4 Å². The highest BCUT2D eigenvalue weighted by atomic mass is 79.9. The van der Waals surface area contributed by atoms with Gasteiger partial charge in [0.1, 0.15) is 4.60 Å². The van der Waals surface area contributed by atoms with Crippen molar-refractivity contribution in [3.8, 4) is 0 Å².